The van der Waals surface area contributed by atoms with E-state index in [1.54, 1.807) is 14.2 Å². The highest BCUT2D eigenvalue weighted by molar-refractivity contribution is 14.0. The van der Waals surface area contributed by atoms with Gasteiger partial charge in [0.1, 0.15) is 5.75 Å². The third kappa shape index (κ3) is 8.66. The summed E-state index contributed by atoms with van der Waals surface area (Å²) in [7, 11) is 3.47. The number of aliphatic hydroxyl groups excluding tert-OH is 1. The van der Waals surface area contributed by atoms with Crippen LogP contribution in [0.15, 0.2) is 53.5 Å². The average Bonchev–Trinajstić information content (AvgIpc) is 2.79. The van der Waals surface area contributed by atoms with Gasteiger partial charge in [-0.2, -0.15) is 0 Å². The van der Waals surface area contributed by atoms with Crippen LogP contribution < -0.4 is 15.4 Å². The van der Waals surface area contributed by atoms with Gasteiger partial charge in [0.25, 0.3) is 0 Å². The van der Waals surface area contributed by atoms with Crippen LogP contribution in [0.5, 0.6) is 5.75 Å². The Bertz CT molecular complexity index is 788. The molecule has 0 radical (unpaired) electrons. The highest BCUT2D eigenvalue weighted by Gasteiger charge is 2.16. The smallest absolute Gasteiger partial charge is 0.191 e. The van der Waals surface area contributed by atoms with E-state index >= 15 is 0 Å². The molecule has 2 aromatic carbocycles. The van der Waals surface area contributed by atoms with Crippen LogP contribution in [0, 0.1) is 0 Å². The zero-order valence-electron chi connectivity index (χ0n) is 18.5. The van der Waals surface area contributed by atoms with Crippen LogP contribution in [0.3, 0.4) is 0 Å². The Hall–Kier alpha value is -1.84. The van der Waals surface area contributed by atoms with Crippen molar-refractivity contribution in [2.45, 2.75) is 38.5 Å². The fraction of sp³-hybridized carbons (Fsp3) is 0.458. The molecule has 2 aromatic rings. The quantitative estimate of drug-likeness (QED) is 0.274. The first kappa shape index (κ1) is 25.4. The predicted molar refractivity (Wildman–Crippen MR) is 137 cm³/mol. The van der Waals surface area contributed by atoms with Gasteiger partial charge in [-0.15, -0.1) is 24.0 Å². The largest absolute Gasteiger partial charge is 0.497 e. The van der Waals surface area contributed by atoms with Gasteiger partial charge in [0.15, 0.2) is 5.96 Å². The molecule has 0 aromatic heterocycles. The van der Waals surface area contributed by atoms with E-state index in [9.17, 15) is 5.11 Å². The van der Waals surface area contributed by atoms with Crippen LogP contribution >= 0.6 is 24.0 Å². The summed E-state index contributed by atoms with van der Waals surface area (Å²) in [4.78, 5) is 6.72. The third-order valence-electron chi connectivity index (χ3n) is 5.53. The minimum Gasteiger partial charge on any atom is -0.497 e. The van der Waals surface area contributed by atoms with Crippen molar-refractivity contribution < 1.29 is 9.84 Å². The SMILES string of the molecule is CN=C(NCCc1ccc(OC)cc1)NCc1ccc(CN2CCC(O)CC2)cc1.I. The fourth-order valence-electron chi connectivity index (χ4n) is 3.62. The van der Waals surface area contributed by atoms with Crippen molar-refractivity contribution in [3.63, 3.8) is 0 Å². The molecule has 1 heterocycles. The van der Waals surface area contributed by atoms with E-state index in [2.05, 4.69) is 56.9 Å². The summed E-state index contributed by atoms with van der Waals surface area (Å²) in [6.07, 6.45) is 2.57. The molecular formula is C24H35IN4O2. The predicted octanol–water partition coefficient (Wildman–Crippen LogP) is 3.18. The van der Waals surface area contributed by atoms with Crippen molar-refractivity contribution in [1.82, 2.24) is 15.5 Å². The number of aliphatic hydroxyl groups is 1. The van der Waals surface area contributed by atoms with Gasteiger partial charge in [-0.3, -0.25) is 9.89 Å². The van der Waals surface area contributed by atoms with Crippen LogP contribution in [0.1, 0.15) is 29.5 Å². The maximum Gasteiger partial charge on any atom is 0.191 e. The molecule has 0 saturated carbocycles. The average molecular weight is 538 g/mol. The topological polar surface area (TPSA) is 69.1 Å². The molecule has 31 heavy (non-hydrogen) atoms. The Balaban J connectivity index is 0.00000341. The molecule has 170 valence electrons. The maximum absolute atomic E-state index is 9.63. The second kappa shape index (κ2) is 13.5. The Morgan fingerprint density at radius 3 is 2.23 bits per heavy atom. The molecule has 1 aliphatic heterocycles. The Kier molecular flexibility index (Phi) is 11.1. The maximum atomic E-state index is 9.63. The molecule has 0 spiro atoms. The molecule has 0 aliphatic carbocycles. The van der Waals surface area contributed by atoms with Gasteiger partial charge in [0.2, 0.25) is 0 Å². The van der Waals surface area contributed by atoms with Crippen molar-refractivity contribution in [3.05, 3.63) is 65.2 Å². The van der Waals surface area contributed by atoms with Gasteiger partial charge < -0.3 is 20.5 Å². The summed E-state index contributed by atoms with van der Waals surface area (Å²) in [6, 6.07) is 16.9. The summed E-state index contributed by atoms with van der Waals surface area (Å²) >= 11 is 0. The van der Waals surface area contributed by atoms with Crippen LogP contribution in [-0.2, 0) is 19.5 Å². The lowest BCUT2D eigenvalue weighted by Gasteiger charge is -2.29. The lowest BCUT2D eigenvalue weighted by Crippen LogP contribution is -2.37. The van der Waals surface area contributed by atoms with Crippen LogP contribution in [0.2, 0.25) is 0 Å². The number of likely N-dealkylation sites (tertiary alicyclic amines) is 1. The lowest BCUT2D eigenvalue weighted by molar-refractivity contribution is 0.0792. The molecule has 0 amide bonds. The second-order valence-corrected chi connectivity index (χ2v) is 7.77. The summed E-state index contributed by atoms with van der Waals surface area (Å²) in [6.45, 7) is 4.45. The number of ether oxygens (including phenoxy) is 1. The highest BCUT2D eigenvalue weighted by atomic mass is 127. The van der Waals surface area contributed by atoms with Crippen LogP contribution in [-0.4, -0.2) is 55.9 Å². The number of nitrogens with zero attached hydrogens (tertiary/aromatic N) is 2. The number of halogens is 1. The number of benzene rings is 2. The summed E-state index contributed by atoms with van der Waals surface area (Å²) in [5, 5.41) is 16.4. The van der Waals surface area contributed by atoms with Gasteiger partial charge in [-0.05, 0) is 48.1 Å². The minimum atomic E-state index is -0.117. The van der Waals surface area contributed by atoms with E-state index in [1.807, 2.05) is 12.1 Å². The Morgan fingerprint density at radius 2 is 1.61 bits per heavy atom. The van der Waals surface area contributed by atoms with Gasteiger partial charge in [0.05, 0.1) is 13.2 Å². The minimum absolute atomic E-state index is 0. The molecule has 7 heteroatoms. The number of hydrogen-bond donors (Lipinski definition) is 3. The first-order valence-electron chi connectivity index (χ1n) is 10.7. The van der Waals surface area contributed by atoms with Crippen molar-refractivity contribution in [2.75, 3.05) is 33.8 Å². The first-order chi connectivity index (χ1) is 14.7. The van der Waals surface area contributed by atoms with Crippen molar-refractivity contribution >= 4 is 29.9 Å². The van der Waals surface area contributed by atoms with Crippen molar-refractivity contribution in [3.8, 4) is 5.75 Å². The summed E-state index contributed by atoms with van der Waals surface area (Å²) in [5.41, 5.74) is 3.81. The standard InChI is InChI=1S/C24H34N4O2.HI/c1-25-24(26-14-11-19-7-9-23(30-2)10-8-19)27-17-20-3-5-21(6-4-20)18-28-15-12-22(29)13-16-28;/h3-10,22,29H,11-18H2,1-2H3,(H2,25,26,27);1H. The van der Waals surface area contributed by atoms with Gasteiger partial charge in [-0.1, -0.05) is 36.4 Å². The third-order valence-corrected chi connectivity index (χ3v) is 5.53. The number of aliphatic imine (C=N–C) groups is 1. The zero-order chi connectivity index (χ0) is 21.2. The van der Waals surface area contributed by atoms with Crippen molar-refractivity contribution in [2.24, 2.45) is 4.99 Å². The monoisotopic (exact) mass is 538 g/mol. The van der Waals surface area contributed by atoms with Crippen LogP contribution in [0.4, 0.5) is 0 Å². The molecule has 0 atom stereocenters. The van der Waals surface area contributed by atoms with E-state index in [-0.39, 0.29) is 30.1 Å². The number of methoxy groups -OCH3 is 1. The van der Waals surface area contributed by atoms with Crippen molar-refractivity contribution in [1.29, 1.82) is 0 Å². The number of piperidine rings is 1. The molecule has 1 fully saturated rings. The van der Waals surface area contributed by atoms with Gasteiger partial charge in [0, 0.05) is 39.8 Å². The van der Waals surface area contributed by atoms with E-state index in [1.165, 1.54) is 16.7 Å². The van der Waals surface area contributed by atoms with Crippen LogP contribution in [0.25, 0.3) is 0 Å². The second-order valence-electron chi connectivity index (χ2n) is 7.77. The number of guanidine groups is 1. The number of nitrogens with one attached hydrogen (secondary N) is 2. The number of hydrogen-bond acceptors (Lipinski definition) is 4. The summed E-state index contributed by atoms with van der Waals surface area (Å²) < 4.78 is 5.20. The summed E-state index contributed by atoms with van der Waals surface area (Å²) in [5.74, 6) is 1.68. The van der Waals surface area contributed by atoms with E-state index in [4.69, 9.17) is 4.74 Å². The normalized spacial score (nSPS) is 15.3. The van der Waals surface area contributed by atoms with E-state index in [0.717, 1.165) is 63.7 Å². The molecule has 1 saturated heterocycles. The van der Waals surface area contributed by atoms with Gasteiger partial charge >= 0.3 is 0 Å². The molecule has 0 bridgehead atoms. The molecule has 3 rings (SSSR count). The highest BCUT2D eigenvalue weighted by Crippen LogP contribution is 2.14. The Morgan fingerprint density at radius 1 is 1.00 bits per heavy atom. The van der Waals surface area contributed by atoms with Gasteiger partial charge in [-0.25, -0.2) is 0 Å². The fourth-order valence-corrected chi connectivity index (χ4v) is 3.62. The lowest BCUT2D eigenvalue weighted by atomic mass is 10.1. The van der Waals surface area contributed by atoms with E-state index in [0.29, 0.717) is 0 Å². The van der Waals surface area contributed by atoms with E-state index < -0.39 is 0 Å². The number of rotatable bonds is 8. The molecule has 0 unspecified atom stereocenters. The first-order valence-corrected chi connectivity index (χ1v) is 10.7. The molecule has 1 aliphatic rings. The molecular weight excluding hydrogens is 503 g/mol. The molecule has 3 N–H and O–H groups in total. The zero-order valence-corrected chi connectivity index (χ0v) is 20.8. The Labute approximate surface area is 203 Å². The molecule has 6 nitrogen and oxygen atoms in total.